The van der Waals surface area contributed by atoms with Crippen molar-refractivity contribution in [1.82, 2.24) is 14.5 Å². The third kappa shape index (κ3) is 4.97. The minimum Gasteiger partial charge on any atom is -0.387 e. The molecule has 6 heteroatoms. The summed E-state index contributed by atoms with van der Waals surface area (Å²) in [6.07, 6.45) is 2.35. The molecule has 1 aliphatic rings. The van der Waals surface area contributed by atoms with Crippen molar-refractivity contribution in [3.8, 4) is 11.3 Å². The molecule has 0 radical (unpaired) electrons. The lowest BCUT2D eigenvalue weighted by Crippen LogP contribution is -2.60. The van der Waals surface area contributed by atoms with Crippen molar-refractivity contribution < 1.29 is 9.90 Å². The van der Waals surface area contributed by atoms with Gasteiger partial charge in [0.2, 0.25) is 5.91 Å². The van der Waals surface area contributed by atoms with Crippen LogP contribution in [0.3, 0.4) is 0 Å². The van der Waals surface area contributed by atoms with Crippen LogP contribution in [-0.4, -0.2) is 44.2 Å². The van der Waals surface area contributed by atoms with Crippen LogP contribution in [-0.2, 0) is 11.3 Å². The molecule has 4 rings (SSSR count). The molecule has 0 bridgehead atoms. The van der Waals surface area contributed by atoms with E-state index in [9.17, 15) is 14.7 Å². The van der Waals surface area contributed by atoms with Gasteiger partial charge in [0, 0.05) is 36.6 Å². The molecule has 1 saturated heterocycles. The number of amides is 1. The van der Waals surface area contributed by atoms with Crippen LogP contribution in [0.15, 0.2) is 77.9 Å². The van der Waals surface area contributed by atoms with E-state index in [1.807, 2.05) is 79.4 Å². The van der Waals surface area contributed by atoms with Gasteiger partial charge in [-0.05, 0) is 17.9 Å². The molecule has 2 aromatic carbocycles. The minimum absolute atomic E-state index is 0.0949. The predicted molar refractivity (Wildman–Crippen MR) is 133 cm³/mol. The van der Waals surface area contributed by atoms with Crippen molar-refractivity contribution in [2.24, 2.45) is 5.41 Å². The van der Waals surface area contributed by atoms with Gasteiger partial charge >= 0.3 is 0 Å². The Morgan fingerprint density at radius 3 is 2.35 bits per heavy atom. The molecule has 2 heterocycles. The molecule has 6 nitrogen and oxygen atoms in total. The maximum atomic E-state index is 13.0. The Bertz CT molecular complexity index is 1190. The lowest BCUT2D eigenvalue weighted by molar-refractivity contribution is -0.154. The van der Waals surface area contributed by atoms with E-state index in [-0.39, 0.29) is 23.9 Å². The van der Waals surface area contributed by atoms with Gasteiger partial charge in [-0.2, -0.15) is 0 Å². The molecule has 1 amide bonds. The van der Waals surface area contributed by atoms with E-state index < -0.39 is 11.0 Å². The van der Waals surface area contributed by atoms with Crippen molar-refractivity contribution in [2.45, 2.75) is 51.7 Å². The number of benzene rings is 2. The molecule has 1 fully saturated rings. The van der Waals surface area contributed by atoms with Crippen LogP contribution >= 0.6 is 0 Å². The second kappa shape index (κ2) is 9.55. The maximum Gasteiger partial charge on any atom is 0.253 e. The van der Waals surface area contributed by atoms with Gasteiger partial charge < -0.3 is 10.0 Å². The highest BCUT2D eigenvalue weighted by Gasteiger charge is 2.48. The largest absolute Gasteiger partial charge is 0.387 e. The molecule has 0 aliphatic carbocycles. The summed E-state index contributed by atoms with van der Waals surface area (Å²) >= 11 is 0. The van der Waals surface area contributed by atoms with Gasteiger partial charge in [-0.1, -0.05) is 81.4 Å². The van der Waals surface area contributed by atoms with Crippen LogP contribution in [0.25, 0.3) is 11.3 Å². The molecule has 2 atom stereocenters. The van der Waals surface area contributed by atoms with Crippen molar-refractivity contribution in [3.63, 3.8) is 0 Å². The average Bonchev–Trinajstić information content (AvgIpc) is 2.83. The van der Waals surface area contributed by atoms with E-state index in [0.717, 1.165) is 11.1 Å². The summed E-state index contributed by atoms with van der Waals surface area (Å²) in [7, 11) is 0. The summed E-state index contributed by atoms with van der Waals surface area (Å²) in [5, 5.41) is 11.6. The number of rotatable bonds is 6. The number of nitrogens with zero attached hydrogens (tertiary/aromatic N) is 3. The van der Waals surface area contributed by atoms with Crippen LogP contribution < -0.4 is 5.56 Å². The summed E-state index contributed by atoms with van der Waals surface area (Å²) in [6, 6.07) is 21.1. The zero-order chi connectivity index (χ0) is 24.3. The van der Waals surface area contributed by atoms with Gasteiger partial charge in [-0.25, -0.2) is 4.98 Å². The fourth-order valence-electron chi connectivity index (χ4n) is 4.75. The SMILES string of the molecule is CC(CC(=O)N1CCC(O)(Cn2cnc(-c3ccccc3)cc2=O)C(C)(C)C1)c1ccccc1. The first kappa shape index (κ1) is 23.9. The Balaban J connectivity index is 1.44. The van der Waals surface area contributed by atoms with Crippen molar-refractivity contribution in [3.05, 3.63) is 89.0 Å². The summed E-state index contributed by atoms with van der Waals surface area (Å²) in [4.78, 5) is 32.2. The lowest BCUT2D eigenvalue weighted by Gasteiger charge is -2.50. The number of aromatic nitrogens is 2. The number of likely N-dealkylation sites (tertiary alicyclic amines) is 1. The van der Waals surface area contributed by atoms with E-state index in [1.165, 1.54) is 17.0 Å². The number of hydrogen-bond donors (Lipinski definition) is 1. The Kier molecular flexibility index (Phi) is 6.71. The standard InChI is InChI=1S/C28H33N3O3/c1-21(22-10-6-4-7-11-22)16-25(32)30-15-14-28(34,27(2,3)18-30)19-31-20-29-24(17-26(31)33)23-12-8-5-9-13-23/h4-13,17,20-21,34H,14-16,18-19H2,1-3H3. The highest BCUT2D eigenvalue weighted by Crippen LogP contribution is 2.40. The number of aliphatic hydroxyl groups is 1. The third-order valence-corrected chi connectivity index (χ3v) is 7.22. The van der Waals surface area contributed by atoms with Gasteiger partial charge in [0.25, 0.3) is 5.56 Å². The lowest BCUT2D eigenvalue weighted by atomic mass is 9.69. The third-order valence-electron chi connectivity index (χ3n) is 7.22. The first-order valence-electron chi connectivity index (χ1n) is 11.9. The van der Waals surface area contributed by atoms with Crippen molar-refractivity contribution >= 4 is 5.91 Å². The summed E-state index contributed by atoms with van der Waals surface area (Å²) in [6.45, 7) is 7.03. The van der Waals surface area contributed by atoms with Crippen LogP contribution in [0.2, 0.25) is 0 Å². The van der Waals surface area contributed by atoms with E-state index in [0.29, 0.717) is 31.6 Å². The second-order valence-corrected chi connectivity index (χ2v) is 10.1. The summed E-state index contributed by atoms with van der Waals surface area (Å²) < 4.78 is 1.48. The smallest absolute Gasteiger partial charge is 0.253 e. The normalized spacial score (nSPS) is 20.6. The summed E-state index contributed by atoms with van der Waals surface area (Å²) in [5.41, 5.74) is 0.717. The molecule has 34 heavy (non-hydrogen) atoms. The fraction of sp³-hybridized carbons (Fsp3) is 0.393. The maximum absolute atomic E-state index is 13.0. The van der Waals surface area contributed by atoms with Gasteiger partial charge in [-0.15, -0.1) is 0 Å². The highest BCUT2D eigenvalue weighted by atomic mass is 16.3. The van der Waals surface area contributed by atoms with Gasteiger partial charge in [0.15, 0.2) is 0 Å². The van der Waals surface area contributed by atoms with Crippen LogP contribution in [0, 0.1) is 5.41 Å². The van der Waals surface area contributed by atoms with Gasteiger partial charge in [0.05, 0.1) is 24.2 Å². The monoisotopic (exact) mass is 459 g/mol. The Morgan fingerprint density at radius 2 is 1.74 bits per heavy atom. The summed E-state index contributed by atoms with van der Waals surface area (Å²) in [5.74, 6) is 0.225. The van der Waals surface area contributed by atoms with E-state index in [4.69, 9.17) is 0 Å². The quantitative estimate of drug-likeness (QED) is 0.602. The zero-order valence-corrected chi connectivity index (χ0v) is 20.1. The minimum atomic E-state index is -1.13. The molecule has 0 spiro atoms. The van der Waals surface area contributed by atoms with E-state index in [2.05, 4.69) is 11.9 Å². The first-order valence-corrected chi connectivity index (χ1v) is 11.9. The van der Waals surface area contributed by atoms with Crippen LogP contribution in [0.5, 0.6) is 0 Å². The highest BCUT2D eigenvalue weighted by molar-refractivity contribution is 5.77. The number of piperidine rings is 1. The topological polar surface area (TPSA) is 75.4 Å². The fourth-order valence-corrected chi connectivity index (χ4v) is 4.75. The van der Waals surface area contributed by atoms with E-state index in [1.54, 1.807) is 0 Å². The van der Waals surface area contributed by atoms with E-state index >= 15 is 0 Å². The van der Waals surface area contributed by atoms with Crippen LogP contribution in [0.1, 0.15) is 45.1 Å². The zero-order valence-electron chi connectivity index (χ0n) is 20.1. The predicted octanol–water partition coefficient (Wildman–Crippen LogP) is 4.09. The second-order valence-electron chi connectivity index (χ2n) is 10.1. The molecular formula is C28H33N3O3. The number of carbonyl (C=O) groups excluding carboxylic acids is 1. The first-order chi connectivity index (χ1) is 16.2. The number of carbonyl (C=O) groups is 1. The molecule has 178 valence electrons. The average molecular weight is 460 g/mol. The molecular weight excluding hydrogens is 426 g/mol. The van der Waals surface area contributed by atoms with Crippen LogP contribution in [0.4, 0.5) is 0 Å². The Hall–Kier alpha value is -3.25. The van der Waals surface area contributed by atoms with Crippen molar-refractivity contribution in [2.75, 3.05) is 13.1 Å². The Labute approximate surface area is 200 Å². The molecule has 1 aromatic heterocycles. The van der Waals surface area contributed by atoms with Gasteiger partial charge in [0.1, 0.15) is 0 Å². The molecule has 2 unspecified atom stereocenters. The molecule has 1 aliphatic heterocycles. The van der Waals surface area contributed by atoms with Crippen molar-refractivity contribution in [1.29, 1.82) is 0 Å². The molecule has 1 N–H and O–H groups in total. The Morgan fingerprint density at radius 1 is 1.09 bits per heavy atom. The molecule has 3 aromatic rings. The molecule has 0 saturated carbocycles. The van der Waals surface area contributed by atoms with Gasteiger partial charge in [-0.3, -0.25) is 14.2 Å². The number of hydrogen-bond acceptors (Lipinski definition) is 4.